The van der Waals surface area contributed by atoms with E-state index < -0.39 is 11.7 Å². The average molecular weight is 294 g/mol. The van der Waals surface area contributed by atoms with Crippen LogP contribution in [0, 0.1) is 5.82 Å². The lowest BCUT2D eigenvalue weighted by Crippen LogP contribution is -2.26. The molecule has 104 valence electrons. The van der Waals surface area contributed by atoms with Crippen LogP contribution in [0.1, 0.15) is 15.9 Å². The SMILES string of the molecule is CN(Cc1cccc(Cl)c1)C(=O)c1cc(F)ccc1O. The largest absolute Gasteiger partial charge is 0.507 e. The molecule has 0 aromatic heterocycles. The molecule has 0 saturated heterocycles. The van der Waals surface area contributed by atoms with E-state index in [9.17, 15) is 14.3 Å². The second-order valence-electron chi connectivity index (χ2n) is 4.45. The predicted molar refractivity (Wildman–Crippen MR) is 75.3 cm³/mol. The molecule has 2 aromatic carbocycles. The number of carbonyl (C=O) groups is 1. The Hall–Kier alpha value is -2.07. The Morgan fingerprint density at radius 1 is 1.30 bits per heavy atom. The summed E-state index contributed by atoms with van der Waals surface area (Å²) < 4.78 is 13.2. The fourth-order valence-electron chi connectivity index (χ4n) is 1.87. The van der Waals surface area contributed by atoms with Crippen molar-refractivity contribution in [2.75, 3.05) is 7.05 Å². The molecule has 0 aliphatic carbocycles. The van der Waals surface area contributed by atoms with Crippen molar-refractivity contribution in [1.82, 2.24) is 4.90 Å². The summed E-state index contributed by atoms with van der Waals surface area (Å²) in [4.78, 5) is 13.6. The molecule has 0 atom stereocenters. The molecule has 0 bridgehead atoms. The zero-order valence-corrected chi connectivity index (χ0v) is 11.6. The van der Waals surface area contributed by atoms with E-state index in [1.807, 2.05) is 6.07 Å². The number of amides is 1. The van der Waals surface area contributed by atoms with Crippen molar-refractivity contribution in [3.05, 3.63) is 64.4 Å². The van der Waals surface area contributed by atoms with Crippen LogP contribution in [0.4, 0.5) is 4.39 Å². The third-order valence-corrected chi connectivity index (χ3v) is 3.08. The molecule has 3 nitrogen and oxygen atoms in total. The minimum Gasteiger partial charge on any atom is -0.507 e. The van der Waals surface area contributed by atoms with Gasteiger partial charge in [-0.2, -0.15) is 0 Å². The van der Waals surface area contributed by atoms with Crippen LogP contribution in [0.2, 0.25) is 5.02 Å². The van der Waals surface area contributed by atoms with Gasteiger partial charge in [-0.05, 0) is 35.9 Å². The van der Waals surface area contributed by atoms with Crippen LogP contribution in [0.5, 0.6) is 5.75 Å². The van der Waals surface area contributed by atoms with Crippen molar-refractivity contribution >= 4 is 17.5 Å². The van der Waals surface area contributed by atoms with E-state index in [1.165, 1.54) is 4.90 Å². The van der Waals surface area contributed by atoms with Crippen LogP contribution in [0.25, 0.3) is 0 Å². The number of benzene rings is 2. The molecule has 0 spiro atoms. The number of rotatable bonds is 3. The highest BCUT2D eigenvalue weighted by Gasteiger charge is 2.16. The van der Waals surface area contributed by atoms with Gasteiger partial charge in [-0.1, -0.05) is 23.7 Å². The number of carbonyl (C=O) groups excluding carboxylic acids is 1. The van der Waals surface area contributed by atoms with E-state index in [0.29, 0.717) is 11.6 Å². The first-order valence-corrected chi connectivity index (χ1v) is 6.33. The second kappa shape index (κ2) is 5.92. The van der Waals surface area contributed by atoms with Crippen LogP contribution in [0.3, 0.4) is 0 Å². The summed E-state index contributed by atoms with van der Waals surface area (Å²) in [5.74, 6) is -1.27. The summed E-state index contributed by atoms with van der Waals surface area (Å²) in [6.07, 6.45) is 0. The number of phenols is 1. The van der Waals surface area contributed by atoms with Crippen molar-refractivity contribution in [2.45, 2.75) is 6.54 Å². The Kier molecular flexibility index (Phi) is 4.25. The normalized spacial score (nSPS) is 10.3. The molecule has 0 aliphatic heterocycles. The third-order valence-electron chi connectivity index (χ3n) is 2.84. The zero-order valence-electron chi connectivity index (χ0n) is 10.8. The van der Waals surface area contributed by atoms with Gasteiger partial charge in [0.15, 0.2) is 0 Å². The smallest absolute Gasteiger partial charge is 0.257 e. The van der Waals surface area contributed by atoms with E-state index >= 15 is 0 Å². The lowest BCUT2D eigenvalue weighted by molar-refractivity contribution is 0.0781. The van der Waals surface area contributed by atoms with Crippen LogP contribution in [-0.4, -0.2) is 23.0 Å². The van der Waals surface area contributed by atoms with Crippen LogP contribution in [0.15, 0.2) is 42.5 Å². The van der Waals surface area contributed by atoms with Crippen molar-refractivity contribution in [3.63, 3.8) is 0 Å². The first kappa shape index (κ1) is 14.3. The van der Waals surface area contributed by atoms with Crippen molar-refractivity contribution < 1.29 is 14.3 Å². The molecule has 2 aromatic rings. The number of hydrogen-bond acceptors (Lipinski definition) is 2. The van der Waals surface area contributed by atoms with Gasteiger partial charge in [0, 0.05) is 18.6 Å². The summed E-state index contributed by atoms with van der Waals surface area (Å²) in [7, 11) is 1.58. The molecule has 0 radical (unpaired) electrons. The molecule has 0 saturated carbocycles. The molecule has 0 fully saturated rings. The van der Waals surface area contributed by atoms with Crippen molar-refractivity contribution in [3.8, 4) is 5.75 Å². The molecule has 2 rings (SSSR count). The maximum absolute atomic E-state index is 13.2. The summed E-state index contributed by atoms with van der Waals surface area (Å²) in [5.41, 5.74) is 0.791. The summed E-state index contributed by atoms with van der Waals surface area (Å²) in [6, 6.07) is 10.4. The first-order valence-electron chi connectivity index (χ1n) is 5.96. The monoisotopic (exact) mass is 293 g/mol. The van der Waals surface area contributed by atoms with E-state index in [0.717, 1.165) is 23.8 Å². The molecule has 0 heterocycles. The average Bonchev–Trinajstić information content (AvgIpc) is 2.40. The van der Waals surface area contributed by atoms with Crippen molar-refractivity contribution in [1.29, 1.82) is 0 Å². The highest BCUT2D eigenvalue weighted by atomic mass is 35.5. The van der Waals surface area contributed by atoms with E-state index in [4.69, 9.17) is 11.6 Å². The van der Waals surface area contributed by atoms with Gasteiger partial charge in [0.2, 0.25) is 0 Å². The molecule has 1 amide bonds. The van der Waals surface area contributed by atoms with Gasteiger partial charge in [-0.25, -0.2) is 4.39 Å². The lowest BCUT2D eigenvalue weighted by Gasteiger charge is -2.18. The Labute approximate surface area is 121 Å². The molecule has 0 aliphatic rings. The standard InChI is InChI=1S/C15H13ClFNO2/c1-18(9-10-3-2-4-11(16)7-10)15(20)13-8-12(17)5-6-14(13)19/h2-8,19H,9H2,1H3. The highest BCUT2D eigenvalue weighted by Crippen LogP contribution is 2.20. The van der Waals surface area contributed by atoms with E-state index in [2.05, 4.69) is 0 Å². The Morgan fingerprint density at radius 3 is 2.75 bits per heavy atom. The summed E-state index contributed by atoms with van der Waals surface area (Å²) in [5, 5.41) is 10.2. The van der Waals surface area contributed by atoms with Gasteiger partial charge in [-0.15, -0.1) is 0 Å². The van der Waals surface area contributed by atoms with E-state index in [-0.39, 0.29) is 11.3 Å². The minimum absolute atomic E-state index is 0.0606. The maximum atomic E-state index is 13.2. The third kappa shape index (κ3) is 3.27. The molecule has 5 heteroatoms. The van der Waals surface area contributed by atoms with Crippen LogP contribution >= 0.6 is 11.6 Å². The Morgan fingerprint density at radius 2 is 2.05 bits per heavy atom. The Balaban J connectivity index is 2.18. The zero-order chi connectivity index (χ0) is 14.7. The maximum Gasteiger partial charge on any atom is 0.257 e. The van der Waals surface area contributed by atoms with Gasteiger partial charge in [0.05, 0.1) is 5.56 Å². The van der Waals surface area contributed by atoms with Gasteiger partial charge in [0.25, 0.3) is 5.91 Å². The molecule has 0 unspecified atom stereocenters. The minimum atomic E-state index is -0.567. The molecular weight excluding hydrogens is 281 g/mol. The quantitative estimate of drug-likeness (QED) is 0.941. The molecule has 1 N–H and O–H groups in total. The topological polar surface area (TPSA) is 40.5 Å². The van der Waals surface area contributed by atoms with Gasteiger partial charge in [0.1, 0.15) is 11.6 Å². The summed E-state index contributed by atoms with van der Waals surface area (Å²) in [6.45, 7) is 0.315. The fraction of sp³-hybridized carbons (Fsp3) is 0.133. The number of hydrogen-bond donors (Lipinski definition) is 1. The number of phenolic OH excluding ortho intramolecular Hbond substituents is 1. The van der Waals surface area contributed by atoms with Crippen molar-refractivity contribution in [2.24, 2.45) is 0 Å². The predicted octanol–water partition coefficient (Wildman–Crippen LogP) is 3.46. The lowest BCUT2D eigenvalue weighted by atomic mass is 10.1. The number of aromatic hydroxyl groups is 1. The highest BCUT2D eigenvalue weighted by molar-refractivity contribution is 6.30. The summed E-state index contributed by atoms with van der Waals surface area (Å²) >= 11 is 5.88. The van der Waals surface area contributed by atoms with Gasteiger partial charge < -0.3 is 10.0 Å². The molecule has 20 heavy (non-hydrogen) atoms. The number of halogens is 2. The van der Waals surface area contributed by atoms with Gasteiger partial charge >= 0.3 is 0 Å². The fourth-order valence-corrected chi connectivity index (χ4v) is 2.08. The Bertz CT molecular complexity index is 646. The van der Waals surface area contributed by atoms with Crippen LogP contribution < -0.4 is 0 Å². The van der Waals surface area contributed by atoms with Crippen LogP contribution in [-0.2, 0) is 6.54 Å². The molecular formula is C15H13ClFNO2. The van der Waals surface area contributed by atoms with Gasteiger partial charge in [-0.3, -0.25) is 4.79 Å². The first-order chi connectivity index (χ1) is 9.47. The van der Waals surface area contributed by atoms with E-state index in [1.54, 1.807) is 25.2 Å². The second-order valence-corrected chi connectivity index (χ2v) is 4.89. The number of nitrogens with zero attached hydrogens (tertiary/aromatic N) is 1.